The first-order chi connectivity index (χ1) is 3.00. The second-order valence-corrected chi connectivity index (χ2v) is 3.58. The van der Waals surface area contributed by atoms with Gasteiger partial charge in [-0.3, -0.25) is 0 Å². The summed E-state index contributed by atoms with van der Waals surface area (Å²) in [6.07, 6.45) is 6.31. The molecule has 1 aliphatic rings. The fourth-order valence-corrected chi connectivity index (χ4v) is 1.73. The van der Waals surface area contributed by atoms with Crippen LogP contribution in [-0.4, -0.2) is 30.6 Å². The van der Waals surface area contributed by atoms with E-state index < -0.39 is 0 Å². The quantitative estimate of drug-likeness (QED) is 0.525. The van der Waals surface area contributed by atoms with E-state index in [2.05, 4.69) is 26.2 Å². The van der Waals surface area contributed by atoms with Crippen molar-refractivity contribution in [1.29, 1.82) is 0 Å². The molecule has 0 spiro atoms. The van der Waals surface area contributed by atoms with Gasteiger partial charge in [0.2, 0.25) is 0 Å². The van der Waals surface area contributed by atoms with E-state index in [0.29, 0.717) is 0 Å². The summed E-state index contributed by atoms with van der Waals surface area (Å²) in [6, 6.07) is 0. The monoisotopic (exact) mass is 203 g/mol. The van der Waals surface area contributed by atoms with Crippen molar-refractivity contribution < 1.29 is 5.48 Å². The van der Waals surface area contributed by atoms with Crippen LogP contribution in [0.5, 0.6) is 0 Å². The van der Waals surface area contributed by atoms with Gasteiger partial charge >= 0.3 is 47.3 Å². The third-order valence-electron chi connectivity index (χ3n) is 0.566. The van der Waals surface area contributed by atoms with E-state index in [4.69, 9.17) is 0 Å². The molecule has 1 rings (SSSR count). The third-order valence-corrected chi connectivity index (χ3v) is 2.53. The van der Waals surface area contributed by atoms with Gasteiger partial charge in [-0.15, -0.1) is 0 Å². The van der Waals surface area contributed by atoms with Crippen molar-refractivity contribution in [2.75, 3.05) is 0 Å². The van der Waals surface area contributed by atoms with Crippen molar-refractivity contribution in [3.05, 3.63) is 22.3 Å². The van der Waals surface area contributed by atoms with Crippen LogP contribution in [0.1, 0.15) is 0 Å². The zero-order valence-electron chi connectivity index (χ0n) is 3.78. The molecule has 0 saturated heterocycles. The van der Waals surface area contributed by atoms with E-state index in [1.165, 1.54) is 0 Å². The van der Waals surface area contributed by atoms with E-state index in [0.717, 1.165) is 0 Å². The van der Waals surface area contributed by atoms with Crippen molar-refractivity contribution in [3.63, 3.8) is 0 Å². The van der Waals surface area contributed by atoms with E-state index >= 15 is 0 Å². The zero-order valence-corrected chi connectivity index (χ0v) is 6.33. The number of hydrogen-bond donors (Lipinski definition) is 0. The molecule has 0 atom stereocenters. The number of allylic oxidation sites excluding steroid dienone is 3. The molecule has 0 unspecified atom stereocenters. The van der Waals surface area contributed by atoms with E-state index in [1.807, 2.05) is 0 Å². The van der Waals surface area contributed by atoms with Gasteiger partial charge in [0.1, 0.15) is 0 Å². The molecular weight excluding hydrogens is 198 g/mol. The summed E-state index contributed by atoms with van der Waals surface area (Å²) in [5.41, 5.74) is 0. The minimum Gasteiger partial charge on any atom is -0.870 e. The summed E-state index contributed by atoms with van der Waals surface area (Å²) < 4.78 is 4.55. The maximum absolute atomic E-state index is 2.28. The van der Waals surface area contributed by atoms with Crippen LogP contribution >= 0.6 is 0 Å². The van der Waals surface area contributed by atoms with Crippen molar-refractivity contribution in [2.45, 2.75) is 0 Å². The average Bonchev–Trinajstić information content (AvgIpc) is 1.72. The first kappa shape index (κ1) is 7.13. The number of rotatable bonds is 0. The van der Waals surface area contributed by atoms with Crippen molar-refractivity contribution >= 4 is 25.1 Å². The predicted octanol–water partition coefficient (Wildman–Crippen LogP) is 0.399. The standard InChI is InChI=1S/C5H5.H2O.Sb/c1-3-5-4-2;;/h1-5H;1H2;/p-1. The summed E-state index contributed by atoms with van der Waals surface area (Å²) in [5, 5.41) is 0. The molecule has 0 fully saturated rings. The molecule has 2 heteroatoms. The summed E-state index contributed by atoms with van der Waals surface area (Å²) in [5.74, 6) is 0. The van der Waals surface area contributed by atoms with Crippen LogP contribution in [0.15, 0.2) is 22.3 Å². The molecule has 0 aromatic carbocycles. The topological polar surface area (TPSA) is 30.0 Å². The third kappa shape index (κ3) is 2.78. The fraction of sp³-hybridized carbons (Fsp3) is 0. The molecule has 0 amide bonds. The Hall–Kier alpha value is 0.128. The van der Waals surface area contributed by atoms with Gasteiger partial charge in [0.15, 0.2) is 0 Å². The maximum Gasteiger partial charge on any atom is -0.870 e. The van der Waals surface area contributed by atoms with Gasteiger partial charge in [0, 0.05) is 0 Å². The van der Waals surface area contributed by atoms with Crippen molar-refractivity contribution in [2.24, 2.45) is 0 Å². The molecule has 0 saturated carbocycles. The number of hydrogen-bond acceptors (Lipinski definition) is 1. The van der Waals surface area contributed by atoms with E-state index in [9.17, 15) is 0 Å². The Kier molecular flexibility index (Phi) is 4.37. The van der Waals surface area contributed by atoms with Crippen molar-refractivity contribution in [1.82, 2.24) is 0 Å². The molecule has 1 aliphatic heterocycles. The van der Waals surface area contributed by atoms with Crippen LogP contribution in [-0.2, 0) is 0 Å². The summed E-state index contributed by atoms with van der Waals surface area (Å²) in [7, 11) is 0. The second kappa shape index (κ2) is 4.29. The van der Waals surface area contributed by atoms with Gasteiger partial charge < -0.3 is 5.48 Å². The van der Waals surface area contributed by atoms with Gasteiger partial charge in [-0.25, -0.2) is 0 Å². The molecule has 38 valence electrons. The maximum atomic E-state index is 2.28. The Morgan fingerprint density at radius 3 is 2.00 bits per heavy atom. The molecule has 0 aromatic rings. The molecular formula is C5H6OSb-. The van der Waals surface area contributed by atoms with Crippen molar-refractivity contribution in [3.8, 4) is 0 Å². The first-order valence-electron chi connectivity index (χ1n) is 1.85. The average molecular weight is 204 g/mol. The molecule has 0 aromatic heterocycles. The van der Waals surface area contributed by atoms with Crippen LogP contribution in [0.25, 0.3) is 0 Å². The van der Waals surface area contributed by atoms with Gasteiger partial charge in [0.05, 0.1) is 0 Å². The molecule has 7 heavy (non-hydrogen) atoms. The normalized spacial score (nSPS) is 13.7. The molecule has 1 N–H and O–H groups in total. The Morgan fingerprint density at radius 2 is 1.86 bits per heavy atom. The molecule has 0 aliphatic carbocycles. The first-order valence-corrected chi connectivity index (χ1v) is 4.80. The largest absolute Gasteiger partial charge is 0.870 e. The Morgan fingerprint density at radius 1 is 1.00 bits per heavy atom. The predicted molar refractivity (Wildman–Crippen MR) is 32.0 cm³/mol. The summed E-state index contributed by atoms with van der Waals surface area (Å²) in [4.78, 5) is 0. The molecule has 1 nitrogen and oxygen atoms in total. The SMILES string of the molecule is C1=C[CH]=[Sb][CH]=C1.[OH-]. The van der Waals surface area contributed by atoms with Crippen LogP contribution < -0.4 is 0 Å². The van der Waals surface area contributed by atoms with E-state index in [-0.39, 0.29) is 26.6 Å². The molecule has 0 bridgehead atoms. The minimum absolute atomic E-state index is 0. The second-order valence-electron chi connectivity index (χ2n) is 1.02. The zero-order chi connectivity index (χ0) is 4.24. The smallest absolute Gasteiger partial charge is 0.870 e. The molecule has 0 radical (unpaired) electrons. The van der Waals surface area contributed by atoms with Gasteiger partial charge in [0.25, 0.3) is 0 Å². The van der Waals surface area contributed by atoms with Gasteiger partial charge in [-0.2, -0.15) is 0 Å². The Bertz CT molecular complexity index is 77.5. The Balaban J connectivity index is 0.000000360. The minimum atomic E-state index is 0. The van der Waals surface area contributed by atoms with E-state index in [1.54, 1.807) is 0 Å². The van der Waals surface area contributed by atoms with Gasteiger partial charge in [-0.05, 0) is 0 Å². The van der Waals surface area contributed by atoms with Crippen LogP contribution in [0.3, 0.4) is 0 Å². The summed E-state index contributed by atoms with van der Waals surface area (Å²) in [6.45, 7) is 0. The Labute approximate surface area is 53.1 Å². The molecule has 1 heterocycles. The van der Waals surface area contributed by atoms with Gasteiger partial charge in [-0.1, -0.05) is 0 Å². The summed E-state index contributed by atoms with van der Waals surface area (Å²) >= 11 is 0.0368. The van der Waals surface area contributed by atoms with Crippen LogP contribution in [0.4, 0.5) is 0 Å². The van der Waals surface area contributed by atoms with Crippen LogP contribution in [0, 0.1) is 0 Å². The fourth-order valence-electron chi connectivity index (χ4n) is 0.313. The van der Waals surface area contributed by atoms with Crippen LogP contribution in [0.2, 0.25) is 0 Å².